The van der Waals surface area contributed by atoms with Crippen molar-refractivity contribution in [2.24, 2.45) is 0 Å². The zero-order valence-corrected chi connectivity index (χ0v) is 10.7. The number of likely N-dealkylation sites (tertiary alicyclic amines) is 1. The summed E-state index contributed by atoms with van der Waals surface area (Å²) in [6.45, 7) is 3.15. The molecule has 1 amide bonds. The van der Waals surface area contributed by atoms with Crippen LogP contribution in [0.3, 0.4) is 0 Å². The minimum Gasteiger partial charge on any atom is -0.361 e. The number of anilines is 1. The van der Waals surface area contributed by atoms with Crippen LogP contribution in [0.25, 0.3) is 0 Å². The van der Waals surface area contributed by atoms with E-state index in [0.717, 1.165) is 6.42 Å². The number of hydrogen-bond acceptors (Lipinski definition) is 4. The predicted molar refractivity (Wildman–Crippen MR) is 68.5 cm³/mol. The molecule has 1 N–H and O–H groups in total. The van der Waals surface area contributed by atoms with Gasteiger partial charge in [-0.2, -0.15) is 0 Å². The summed E-state index contributed by atoms with van der Waals surface area (Å²) in [5.74, 6) is 0.520. The molecule has 2 rings (SSSR count). The van der Waals surface area contributed by atoms with Crippen molar-refractivity contribution in [3.05, 3.63) is 22.7 Å². The number of likely N-dealkylation sites (N-methyl/N-ethyl adjacent to an activating group) is 1. The Morgan fingerprint density at radius 1 is 1.50 bits per heavy atom. The number of aromatic nitrogens is 2. The molecule has 1 aliphatic heterocycles. The molecule has 1 fully saturated rings. The van der Waals surface area contributed by atoms with E-state index in [0.29, 0.717) is 25.3 Å². The quantitative estimate of drug-likeness (QED) is 0.837. The molecule has 1 aromatic rings. The van der Waals surface area contributed by atoms with Gasteiger partial charge in [0.1, 0.15) is 0 Å². The highest BCUT2D eigenvalue weighted by Crippen LogP contribution is 2.12. The first kappa shape index (κ1) is 12.6. The van der Waals surface area contributed by atoms with Gasteiger partial charge in [0.15, 0.2) is 5.82 Å². The largest absolute Gasteiger partial charge is 0.361 e. The summed E-state index contributed by atoms with van der Waals surface area (Å²) in [7, 11) is 1.78. The Hall–Kier alpha value is -1.85. The summed E-state index contributed by atoms with van der Waals surface area (Å²) >= 11 is 0. The fraction of sp³-hybridized carbons (Fsp3) is 0.583. The molecule has 1 unspecified atom stereocenters. The van der Waals surface area contributed by atoms with Gasteiger partial charge in [-0.25, -0.2) is 4.98 Å². The molecule has 0 bridgehead atoms. The summed E-state index contributed by atoms with van der Waals surface area (Å²) in [6, 6.07) is 0.0978. The van der Waals surface area contributed by atoms with E-state index in [1.807, 2.05) is 6.92 Å². The third-order valence-electron chi connectivity index (χ3n) is 3.22. The molecule has 1 saturated heterocycles. The molecular weight excluding hydrogens is 232 g/mol. The monoisotopic (exact) mass is 250 g/mol. The third kappa shape index (κ3) is 2.52. The van der Waals surface area contributed by atoms with Gasteiger partial charge in [0.05, 0.1) is 0 Å². The number of nitrogens with zero attached hydrogens (tertiary/aromatic N) is 3. The second-order valence-corrected chi connectivity index (χ2v) is 4.52. The summed E-state index contributed by atoms with van der Waals surface area (Å²) in [5.41, 5.74) is -0.112. The van der Waals surface area contributed by atoms with Crippen LogP contribution in [0.15, 0.2) is 17.2 Å². The molecule has 1 atom stereocenters. The van der Waals surface area contributed by atoms with Gasteiger partial charge in [-0.1, -0.05) is 0 Å². The maximum atomic E-state index is 12.0. The van der Waals surface area contributed by atoms with Crippen molar-refractivity contribution in [3.63, 3.8) is 0 Å². The van der Waals surface area contributed by atoms with Crippen LogP contribution < -0.4 is 10.9 Å². The number of hydrogen-bond donors (Lipinski definition) is 1. The Morgan fingerprint density at radius 2 is 2.28 bits per heavy atom. The van der Waals surface area contributed by atoms with E-state index in [1.165, 1.54) is 0 Å². The molecule has 6 heteroatoms. The van der Waals surface area contributed by atoms with E-state index in [-0.39, 0.29) is 17.5 Å². The summed E-state index contributed by atoms with van der Waals surface area (Å²) < 4.78 is 1.60. The van der Waals surface area contributed by atoms with Crippen LogP contribution in [0.1, 0.15) is 19.8 Å². The molecule has 18 heavy (non-hydrogen) atoms. The van der Waals surface area contributed by atoms with Crippen LogP contribution in [-0.2, 0) is 11.3 Å². The summed E-state index contributed by atoms with van der Waals surface area (Å²) in [5, 5.41) is 3.14. The highest BCUT2D eigenvalue weighted by atomic mass is 16.2. The third-order valence-corrected chi connectivity index (χ3v) is 3.22. The fourth-order valence-corrected chi connectivity index (χ4v) is 2.12. The van der Waals surface area contributed by atoms with Crippen LogP contribution >= 0.6 is 0 Å². The number of carbonyl (C=O) groups excluding carboxylic acids is 1. The molecule has 0 aliphatic carbocycles. The number of carbonyl (C=O) groups is 1. The number of piperidine rings is 1. The van der Waals surface area contributed by atoms with Gasteiger partial charge in [-0.15, -0.1) is 0 Å². The lowest BCUT2D eigenvalue weighted by Gasteiger charge is -2.30. The molecule has 6 nitrogen and oxygen atoms in total. The standard InChI is InChI=1S/C12H18N4O2/c1-3-16-7-6-13-11(12(16)18)14-9-4-5-10(17)15(2)8-9/h6-7,9H,3-5,8H2,1-2H3,(H,13,14). The highest BCUT2D eigenvalue weighted by Gasteiger charge is 2.23. The summed E-state index contributed by atoms with van der Waals surface area (Å²) in [4.78, 5) is 29.1. The molecule has 0 saturated carbocycles. The molecule has 98 valence electrons. The van der Waals surface area contributed by atoms with Crippen LogP contribution in [0.2, 0.25) is 0 Å². The van der Waals surface area contributed by atoms with Crippen LogP contribution in [-0.4, -0.2) is 40.0 Å². The Labute approximate surface area is 106 Å². The van der Waals surface area contributed by atoms with E-state index in [1.54, 1.807) is 28.9 Å². The first-order valence-electron chi connectivity index (χ1n) is 6.17. The molecule has 1 aromatic heterocycles. The van der Waals surface area contributed by atoms with E-state index >= 15 is 0 Å². The average Bonchev–Trinajstić information content (AvgIpc) is 2.36. The van der Waals surface area contributed by atoms with Gasteiger partial charge in [0, 0.05) is 45.0 Å². The van der Waals surface area contributed by atoms with Gasteiger partial charge < -0.3 is 14.8 Å². The fourth-order valence-electron chi connectivity index (χ4n) is 2.12. The summed E-state index contributed by atoms with van der Waals surface area (Å²) in [6.07, 6.45) is 4.54. The number of amides is 1. The smallest absolute Gasteiger partial charge is 0.293 e. The maximum absolute atomic E-state index is 12.0. The number of nitrogens with one attached hydrogen (secondary N) is 1. The SMILES string of the molecule is CCn1ccnc(NC2CCC(=O)N(C)C2)c1=O. The van der Waals surface area contributed by atoms with Crippen LogP contribution in [0, 0.1) is 0 Å². The Morgan fingerprint density at radius 3 is 2.94 bits per heavy atom. The first-order valence-corrected chi connectivity index (χ1v) is 6.17. The highest BCUT2D eigenvalue weighted by molar-refractivity contribution is 5.76. The van der Waals surface area contributed by atoms with E-state index in [2.05, 4.69) is 10.3 Å². The van der Waals surface area contributed by atoms with Crippen LogP contribution in [0.4, 0.5) is 5.82 Å². The molecular formula is C12H18N4O2. The van der Waals surface area contributed by atoms with Crippen molar-refractivity contribution in [2.75, 3.05) is 18.9 Å². The Kier molecular flexibility index (Phi) is 3.64. The van der Waals surface area contributed by atoms with Crippen molar-refractivity contribution in [2.45, 2.75) is 32.4 Å². The van der Waals surface area contributed by atoms with E-state index in [9.17, 15) is 9.59 Å². The molecule has 0 aromatic carbocycles. The lowest BCUT2D eigenvalue weighted by atomic mass is 10.1. The minimum atomic E-state index is -0.112. The second-order valence-electron chi connectivity index (χ2n) is 4.52. The molecule has 2 heterocycles. The second kappa shape index (κ2) is 5.20. The van der Waals surface area contributed by atoms with Gasteiger partial charge in [-0.3, -0.25) is 9.59 Å². The molecule has 0 spiro atoms. The number of aryl methyl sites for hydroxylation is 1. The van der Waals surface area contributed by atoms with Crippen molar-refractivity contribution >= 4 is 11.7 Å². The van der Waals surface area contributed by atoms with E-state index < -0.39 is 0 Å². The average molecular weight is 250 g/mol. The first-order chi connectivity index (χ1) is 8.61. The Balaban J connectivity index is 2.10. The van der Waals surface area contributed by atoms with Gasteiger partial charge in [-0.05, 0) is 13.3 Å². The van der Waals surface area contributed by atoms with Crippen molar-refractivity contribution in [3.8, 4) is 0 Å². The zero-order chi connectivity index (χ0) is 13.1. The molecule has 0 radical (unpaired) electrons. The van der Waals surface area contributed by atoms with Gasteiger partial charge in [0.2, 0.25) is 5.91 Å². The Bertz CT molecular complexity index is 497. The minimum absolute atomic E-state index is 0.0978. The van der Waals surface area contributed by atoms with Gasteiger partial charge in [0.25, 0.3) is 5.56 Å². The van der Waals surface area contributed by atoms with E-state index in [4.69, 9.17) is 0 Å². The van der Waals surface area contributed by atoms with Gasteiger partial charge >= 0.3 is 0 Å². The topological polar surface area (TPSA) is 67.2 Å². The van der Waals surface area contributed by atoms with Crippen molar-refractivity contribution in [1.82, 2.24) is 14.5 Å². The van der Waals surface area contributed by atoms with Crippen LogP contribution in [0.5, 0.6) is 0 Å². The molecule has 1 aliphatic rings. The number of rotatable bonds is 3. The van der Waals surface area contributed by atoms with Crippen molar-refractivity contribution < 1.29 is 4.79 Å². The lowest BCUT2D eigenvalue weighted by molar-refractivity contribution is -0.132. The zero-order valence-electron chi connectivity index (χ0n) is 10.7. The van der Waals surface area contributed by atoms with Crippen molar-refractivity contribution in [1.29, 1.82) is 0 Å². The lowest BCUT2D eigenvalue weighted by Crippen LogP contribution is -2.44. The normalized spacial score (nSPS) is 20.0. The maximum Gasteiger partial charge on any atom is 0.293 e. The predicted octanol–water partition coefficient (Wildman–Crippen LogP) is 0.296.